The van der Waals surface area contributed by atoms with Crippen LogP contribution in [0.1, 0.15) is 5.56 Å². The van der Waals surface area contributed by atoms with Gasteiger partial charge in [0.2, 0.25) is 0 Å². The van der Waals surface area contributed by atoms with Crippen LogP contribution < -0.4 is 0 Å². The molecule has 0 bridgehead atoms. The molecule has 0 aromatic heterocycles. The Morgan fingerprint density at radius 2 is 2.05 bits per heavy atom. The third-order valence-corrected chi connectivity index (χ3v) is 2.95. The number of rotatable bonds is 4. The Morgan fingerprint density at radius 1 is 1.37 bits per heavy atom. The van der Waals surface area contributed by atoms with E-state index in [9.17, 15) is 4.79 Å². The molecule has 0 N–H and O–H groups in total. The van der Waals surface area contributed by atoms with Crippen molar-refractivity contribution in [2.45, 2.75) is 0 Å². The van der Waals surface area contributed by atoms with Gasteiger partial charge in [0.1, 0.15) is 0 Å². The molecular weight excluding hydrogens is 268 g/mol. The normalized spacial score (nSPS) is 15.7. The second-order valence-corrected chi connectivity index (χ2v) is 4.49. The van der Waals surface area contributed by atoms with Gasteiger partial charge in [-0.15, -0.1) is 0 Å². The molecule has 102 valence electrons. The summed E-state index contributed by atoms with van der Waals surface area (Å²) in [5.41, 5.74) is 0.864. The summed E-state index contributed by atoms with van der Waals surface area (Å²) in [5, 5.41) is 4.43. The first-order valence-electron chi connectivity index (χ1n) is 6.02. The second kappa shape index (κ2) is 7.11. The van der Waals surface area contributed by atoms with E-state index in [1.807, 2.05) is 12.1 Å². The van der Waals surface area contributed by atoms with E-state index in [0.717, 1.165) is 5.56 Å². The minimum absolute atomic E-state index is 0.0515. The van der Waals surface area contributed by atoms with E-state index in [2.05, 4.69) is 5.16 Å². The van der Waals surface area contributed by atoms with E-state index in [1.54, 1.807) is 23.2 Å². The molecule has 0 radical (unpaired) electrons. The molecule has 1 saturated heterocycles. The predicted molar refractivity (Wildman–Crippen MR) is 72.4 cm³/mol. The molecule has 1 aromatic carbocycles. The number of nitrogens with zero attached hydrogens (tertiary/aromatic N) is 2. The first-order valence-corrected chi connectivity index (χ1v) is 6.40. The third-order valence-electron chi connectivity index (χ3n) is 2.70. The van der Waals surface area contributed by atoms with Gasteiger partial charge < -0.3 is 14.5 Å². The summed E-state index contributed by atoms with van der Waals surface area (Å²) in [5.74, 6) is -0.0726. The molecule has 1 aromatic rings. The Labute approximate surface area is 116 Å². The fraction of sp³-hybridized carbons (Fsp3) is 0.385. The van der Waals surface area contributed by atoms with Gasteiger partial charge in [-0.25, -0.2) is 0 Å². The summed E-state index contributed by atoms with van der Waals surface area (Å²) < 4.78 is 5.17. The fourth-order valence-electron chi connectivity index (χ4n) is 1.64. The Hall–Kier alpha value is -1.59. The molecule has 0 saturated carbocycles. The number of hydrogen-bond donors (Lipinski definition) is 0. The van der Waals surface area contributed by atoms with Crippen molar-refractivity contribution in [3.05, 3.63) is 34.9 Å². The molecule has 0 spiro atoms. The lowest BCUT2D eigenvalue weighted by Crippen LogP contribution is -2.42. The zero-order valence-corrected chi connectivity index (χ0v) is 11.2. The van der Waals surface area contributed by atoms with Crippen molar-refractivity contribution in [3.63, 3.8) is 0 Å². The van der Waals surface area contributed by atoms with Crippen molar-refractivity contribution in [1.29, 1.82) is 0 Å². The maximum Gasteiger partial charge on any atom is 0.263 e. The topological polar surface area (TPSA) is 51.1 Å². The van der Waals surface area contributed by atoms with Gasteiger partial charge in [0, 0.05) is 18.1 Å². The average molecular weight is 283 g/mol. The molecule has 1 aliphatic rings. The van der Waals surface area contributed by atoms with Crippen molar-refractivity contribution in [3.8, 4) is 0 Å². The summed E-state index contributed by atoms with van der Waals surface area (Å²) in [7, 11) is 0. The second-order valence-electron chi connectivity index (χ2n) is 4.05. The van der Waals surface area contributed by atoms with Crippen LogP contribution in [0.4, 0.5) is 0 Å². The molecular formula is C13H15ClN2O3. The highest BCUT2D eigenvalue weighted by atomic mass is 35.5. The Bertz CT molecular complexity index is 442. The highest BCUT2D eigenvalue weighted by Crippen LogP contribution is 2.07. The summed E-state index contributed by atoms with van der Waals surface area (Å²) >= 11 is 5.76. The molecule has 1 heterocycles. The van der Waals surface area contributed by atoms with Crippen LogP contribution in [0.5, 0.6) is 0 Å². The van der Waals surface area contributed by atoms with Crippen LogP contribution in [0.15, 0.2) is 29.4 Å². The van der Waals surface area contributed by atoms with Crippen LogP contribution in [0, 0.1) is 0 Å². The number of carbonyl (C=O) groups is 1. The monoisotopic (exact) mass is 282 g/mol. The summed E-state index contributed by atoms with van der Waals surface area (Å²) in [4.78, 5) is 18.4. The van der Waals surface area contributed by atoms with Gasteiger partial charge in [-0.2, -0.15) is 0 Å². The Morgan fingerprint density at radius 3 is 2.74 bits per heavy atom. The molecule has 0 unspecified atom stereocenters. The number of oxime groups is 1. The molecule has 0 atom stereocenters. The van der Waals surface area contributed by atoms with Crippen molar-refractivity contribution < 1.29 is 14.4 Å². The standard InChI is InChI=1S/C13H15ClN2O3/c14-12-3-1-11(2-4-12)9-15-19-10-13(17)16-5-7-18-8-6-16/h1-4,9H,5-8,10H2/b15-9+. The van der Waals surface area contributed by atoms with Crippen molar-refractivity contribution in [1.82, 2.24) is 4.90 Å². The maximum absolute atomic E-state index is 11.7. The van der Waals surface area contributed by atoms with E-state index in [-0.39, 0.29) is 12.5 Å². The van der Waals surface area contributed by atoms with Crippen LogP contribution in [0.2, 0.25) is 5.02 Å². The van der Waals surface area contributed by atoms with Crippen LogP contribution in [0.3, 0.4) is 0 Å². The smallest absolute Gasteiger partial charge is 0.263 e. The lowest BCUT2D eigenvalue weighted by Gasteiger charge is -2.26. The molecule has 1 fully saturated rings. The first-order chi connectivity index (χ1) is 9.25. The highest BCUT2D eigenvalue weighted by molar-refractivity contribution is 6.30. The number of carbonyl (C=O) groups excluding carboxylic acids is 1. The zero-order valence-electron chi connectivity index (χ0n) is 10.4. The van der Waals surface area contributed by atoms with E-state index >= 15 is 0 Å². The van der Waals surface area contributed by atoms with Crippen LogP contribution >= 0.6 is 11.6 Å². The largest absolute Gasteiger partial charge is 0.386 e. The summed E-state index contributed by atoms with van der Waals surface area (Å²) in [6.07, 6.45) is 1.54. The summed E-state index contributed by atoms with van der Waals surface area (Å²) in [6, 6.07) is 7.17. The highest BCUT2D eigenvalue weighted by Gasteiger charge is 2.16. The number of hydrogen-bond acceptors (Lipinski definition) is 4. The SMILES string of the molecule is O=C(CO/N=C/c1ccc(Cl)cc1)N1CCOCC1. The molecule has 0 aliphatic carbocycles. The maximum atomic E-state index is 11.7. The lowest BCUT2D eigenvalue weighted by molar-refractivity contribution is -0.140. The number of benzene rings is 1. The van der Waals surface area contributed by atoms with Crippen molar-refractivity contribution >= 4 is 23.7 Å². The molecule has 5 nitrogen and oxygen atoms in total. The van der Waals surface area contributed by atoms with Gasteiger partial charge in [-0.3, -0.25) is 4.79 Å². The molecule has 1 amide bonds. The molecule has 19 heavy (non-hydrogen) atoms. The average Bonchev–Trinajstić information content (AvgIpc) is 2.46. The lowest BCUT2D eigenvalue weighted by atomic mass is 10.2. The van der Waals surface area contributed by atoms with Gasteiger partial charge in [0.05, 0.1) is 19.4 Å². The minimum Gasteiger partial charge on any atom is -0.386 e. The van der Waals surface area contributed by atoms with Crippen LogP contribution in [-0.4, -0.2) is 49.9 Å². The van der Waals surface area contributed by atoms with E-state index < -0.39 is 0 Å². The Balaban J connectivity index is 1.73. The molecule has 1 aliphatic heterocycles. The molecule has 2 rings (SSSR count). The quantitative estimate of drug-likeness (QED) is 0.622. The van der Waals surface area contributed by atoms with Gasteiger partial charge in [0.25, 0.3) is 5.91 Å². The van der Waals surface area contributed by atoms with Gasteiger partial charge in [0.15, 0.2) is 6.61 Å². The van der Waals surface area contributed by atoms with Crippen LogP contribution in [0.25, 0.3) is 0 Å². The van der Waals surface area contributed by atoms with Crippen molar-refractivity contribution in [2.24, 2.45) is 5.16 Å². The van der Waals surface area contributed by atoms with Crippen molar-refractivity contribution in [2.75, 3.05) is 32.9 Å². The van der Waals surface area contributed by atoms with Gasteiger partial charge in [-0.1, -0.05) is 28.9 Å². The first kappa shape index (κ1) is 13.8. The zero-order chi connectivity index (χ0) is 13.5. The van der Waals surface area contributed by atoms with Crippen LogP contribution in [-0.2, 0) is 14.4 Å². The van der Waals surface area contributed by atoms with E-state index in [0.29, 0.717) is 31.3 Å². The third kappa shape index (κ3) is 4.54. The number of morpholine rings is 1. The molecule has 6 heteroatoms. The summed E-state index contributed by atoms with van der Waals surface area (Å²) in [6.45, 7) is 2.34. The Kier molecular flexibility index (Phi) is 5.18. The van der Waals surface area contributed by atoms with E-state index in [4.69, 9.17) is 21.2 Å². The number of halogens is 1. The van der Waals surface area contributed by atoms with E-state index in [1.165, 1.54) is 0 Å². The fourth-order valence-corrected chi connectivity index (χ4v) is 1.77. The number of amides is 1. The minimum atomic E-state index is -0.0726. The van der Waals surface area contributed by atoms with Gasteiger partial charge >= 0.3 is 0 Å². The van der Waals surface area contributed by atoms with Gasteiger partial charge in [-0.05, 0) is 17.7 Å². The number of ether oxygens (including phenoxy) is 1. The predicted octanol–water partition coefficient (Wildman–Crippen LogP) is 1.55.